The van der Waals surface area contributed by atoms with E-state index in [9.17, 15) is 0 Å². The summed E-state index contributed by atoms with van der Waals surface area (Å²) >= 11 is 3.50. The number of rotatable bonds is 16. The van der Waals surface area contributed by atoms with Gasteiger partial charge >= 0.3 is 11.7 Å². The Bertz CT molecular complexity index is 9060. The van der Waals surface area contributed by atoms with Crippen molar-refractivity contribution in [1.29, 1.82) is 0 Å². The number of aromatic nitrogens is 8. The molecule has 0 saturated carbocycles. The second-order valence-corrected chi connectivity index (χ2v) is 54.9. The highest BCUT2D eigenvalue weighted by atomic mass is 32.1. The molecule has 8 aromatic heterocycles. The van der Waals surface area contributed by atoms with Crippen molar-refractivity contribution in [2.24, 2.45) is 0 Å². The zero-order chi connectivity index (χ0) is 97.6. The van der Waals surface area contributed by atoms with Crippen LogP contribution in [-0.4, -0.2) is 69.8 Å². The van der Waals surface area contributed by atoms with Gasteiger partial charge in [-0.1, -0.05) is 504 Å². The molecule has 0 spiro atoms. The third-order valence-electron chi connectivity index (χ3n) is 29.2. The number of imidazole rings is 4. The number of oxazole rings is 2. The third-order valence-corrected chi connectivity index (χ3v) is 49.3. The summed E-state index contributed by atoms with van der Waals surface area (Å²) < 4.78 is 23.4. The number of benzene rings is 20. The van der Waals surface area contributed by atoms with Gasteiger partial charge in [0.05, 0.1) is 75.6 Å². The average molecular weight is 2030 g/mol. The van der Waals surface area contributed by atoms with Crippen molar-refractivity contribution in [2.45, 2.75) is 63.2 Å². The summed E-state index contributed by atoms with van der Waals surface area (Å²) in [7, 11) is -9.11. The van der Waals surface area contributed by atoms with E-state index < -0.39 is 32.3 Å². The van der Waals surface area contributed by atoms with Gasteiger partial charge < -0.3 is 8.83 Å². The summed E-state index contributed by atoms with van der Waals surface area (Å²) in [5, 5.41) is 18.1. The van der Waals surface area contributed by atoms with E-state index in [1.807, 2.05) is 50.2 Å². The molecule has 28 aromatic rings. The molecule has 0 atom stereocenters. The fourth-order valence-corrected chi connectivity index (χ4v) is 39.3. The van der Waals surface area contributed by atoms with Crippen molar-refractivity contribution in [1.82, 2.24) is 37.5 Å². The molecule has 0 aliphatic rings. The van der Waals surface area contributed by atoms with Crippen LogP contribution in [0.4, 0.5) is 0 Å². The van der Waals surface area contributed by atoms with Gasteiger partial charge in [0, 0.05) is 0 Å². The van der Waals surface area contributed by atoms with Gasteiger partial charge in [-0.05, 0) is 198 Å². The Kier molecular flexibility index (Phi) is 28.3. The van der Waals surface area contributed by atoms with E-state index in [0.29, 0.717) is 11.7 Å². The molecule has 0 radical (unpaired) electrons. The number of fused-ring (bicyclic) bond motifs is 20. The van der Waals surface area contributed by atoms with Gasteiger partial charge in [0.2, 0.25) is 0 Å². The van der Waals surface area contributed by atoms with Crippen LogP contribution < -0.4 is 67.4 Å². The monoisotopic (exact) mass is 2030 g/mol. The standard InChI is InChI=1S/C37H26N2OSi.2C32H24N2SSi.C26H20N2OSi.C2H6.4CH4/c1-4-14-29(15-5-1)41(30-16-6-2-7-17-30,31-18-8-3-9-19-31)32-20-12-13-27(25-32)28-23-24-33-35(26-28)39-34-21-10-11-22-36(34)40-37(39)38-33;1-36(25-12-4-2-5-13-25,26-14-6-3-7-15-26)27-16-10-11-23(21-27)24-19-20-28-30(22-24)34-29-17-8-9-18-31(29)35-32(34)33-28;1-36(25-12-4-2-5-13-25,26-14-6-3-7-15-26)27-16-10-11-23(21-27)24-19-20-31-30(22-24)34-29-18-9-8-17-28(29)33-32(34)35-31;1-30(19-10-4-2-5-11-19,20-12-6-3-7-13-20)21-16-17-22-24(18-21)28-23-14-8-9-15-25(23)29-26(28)27-22;1-2;;;;/h1-26H;2*2-22H,1H3;2-18H,1H3;1-2H3;4*1H4. The molecule has 8 heterocycles. The largest absolute Gasteiger partial charge is 0.423 e. The molecule has 149 heavy (non-hydrogen) atoms. The molecule has 0 fully saturated rings. The topological polar surface area (TPSA) is 95.5 Å². The Balaban J connectivity index is 0.000000119. The first-order valence-electron chi connectivity index (χ1n) is 49.5. The lowest BCUT2D eigenvalue weighted by Gasteiger charge is -2.34. The Morgan fingerprint density at radius 1 is 0.188 bits per heavy atom. The maximum absolute atomic E-state index is 6.05. The highest BCUT2D eigenvalue weighted by Crippen LogP contribution is 2.38. The van der Waals surface area contributed by atoms with E-state index >= 15 is 0 Å². The summed E-state index contributed by atoms with van der Waals surface area (Å²) in [5.74, 6) is 1.27. The molecule has 28 rings (SSSR count). The molecule has 10 nitrogen and oxygen atoms in total. The lowest BCUT2D eigenvalue weighted by Crippen LogP contribution is -2.74. The van der Waals surface area contributed by atoms with E-state index in [1.54, 1.807) is 22.7 Å². The fraction of sp³-hybridized carbons (Fsp3) is 0.0677. The van der Waals surface area contributed by atoms with Crippen LogP contribution in [0.5, 0.6) is 0 Å². The molecular formula is C133H116N8O2S2Si4. The second-order valence-electron chi connectivity index (χ2n) is 37.2. The van der Waals surface area contributed by atoms with Crippen molar-refractivity contribution in [3.05, 3.63) is 516 Å². The smallest absolute Gasteiger partial charge is 0.307 e. The molecule has 728 valence electrons. The minimum absolute atomic E-state index is 0. The summed E-state index contributed by atoms with van der Waals surface area (Å²) in [4.78, 5) is 21.4. The van der Waals surface area contributed by atoms with Gasteiger partial charge in [-0.15, -0.1) is 0 Å². The number of thiazole rings is 2. The first-order chi connectivity index (χ1) is 71.5. The third kappa shape index (κ3) is 17.8. The zero-order valence-electron chi connectivity index (χ0n) is 80.8. The first-order valence-corrected chi connectivity index (χ1v) is 60.7. The van der Waals surface area contributed by atoms with Crippen LogP contribution in [0.2, 0.25) is 19.6 Å². The first kappa shape index (κ1) is 99.5. The van der Waals surface area contributed by atoms with Crippen LogP contribution in [0.3, 0.4) is 0 Å². The van der Waals surface area contributed by atoms with Crippen LogP contribution in [0.15, 0.2) is 524 Å². The molecule has 0 bridgehead atoms. The number of hydrogen-bond donors (Lipinski definition) is 0. The molecule has 0 aliphatic heterocycles. The lowest BCUT2D eigenvalue weighted by molar-refractivity contribution is 0.642. The molecule has 0 amide bonds. The predicted octanol–water partition coefficient (Wildman–Crippen LogP) is 27.1. The zero-order valence-corrected chi connectivity index (χ0v) is 86.4. The summed E-state index contributed by atoms with van der Waals surface area (Å²) in [6.45, 7) is 11.4. The van der Waals surface area contributed by atoms with Crippen molar-refractivity contribution in [3.8, 4) is 33.4 Å². The van der Waals surface area contributed by atoms with Crippen LogP contribution in [-0.2, 0) is 0 Å². The van der Waals surface area contributed by atoms with E-state index in [-0.39, 0.29) is 29.7 Å². The van der Waals surface area contributed by atoms with E-state index in [1.165, 1.54) is 116 Å². The van der Waals surface area contributed by atoms with Crippen molar-refractivity contribution >= 4 is 231 Å². The molecule has 0 aliphatic carbocycles. The van der Waals surface area contributed by atoms with Crippen LogP contribution in [0.1, 0.15) is 43.6 Å². The van der Waals surface area contributed by atoms with Crippen LogP contribution in [0, 0.1) is 0 Å². The highest BCUT2D eigenvalue weighted by Gasteiger charge is 2.43. The van der Waals surface area contributed by atoms with E-state index in [4.69, 9.17) is 28.8 Å². The minimum Gasteiger partial charge on any atom is -0.423 e. The summed E-state index contributed by atoms with van der Waals surface area (Å²) in [5.41, 5.74) is 22.0. The molecule has 0 unspecified atom stereocenters. The average Bonchev–Trinajstić information content (AvgIpc) is 1.28. The molecule has 0 N–H and O–H groups in total. The Morgan fingerprint density at radius 2 is 0.450 bits per heavy atom. The van der Waals surface area contributed by atoms with Gasteiger partial charge in [-0.3, -0.25) is 17.6 Å². The Labute approximate surface area is 882 Å². The maximum Gasteiger partial charge on any atom is 0.307 e. The van der Waals surface area contributed by atoms with Gasteiger partial charge in [-0.2, -0.15) is 9.97 Å². The number of para-hydroxylation sites is 7. The number of nitrogens with zero attached hydrogens (tertiary/aromatic N) is 8. The SMILES string of the molecule is C.C.C.C.CC.C[Si](c1ccccc1)(c1ccccc1)c1ccc2nc3oc4ccccc4n3c2c1.C[Si](c1ccccc1)(c1ccccc1)c1cccc(-c2ccc3nc4sc5ccccc5n4c3c2)c1.C[Si](c1ccccc1)(c1ccccc1)c1cccc(-c2ccc3sc4nc5ccccc5n4c3c2)c1.c1ccc([Si](c2ccccc2)(c2ccccc2)c2cccc(-c3ccc4nc5oc6ccccc6n5c4c3)c2)cc1. The van der Waals surface area contributed by atoms with Gasteiger partial charge in [0.25, 0.3) is 0 Å². The molecule has 16 heteroatoms. The quantitative estimate of drug-likeness (QED) is 0.0706. The van der Waals surface area contributed by atoms with Crippen molar-refractivity contribution in [3.63, 3.8) is 0 Å². The predicted molar refractivity (Wildman–Crippen MR) is 650 cm³/mol. The van der Waals surface area contributed by atoms with E-state index in [2.05, 4.69) is 516 Å². The maximum atomic E-state index is 6.05. The van der Waals surface area contributed by atoms with Crippen LogP contribution >= 0.6 is 22.7 Å². The highest BCUT2D eigenvalue weighted by molar-refractivity contribution is 7.24. The summed E-state index contributed by atoms with van der Waals surface area (Å²) in [6.07, 6.45) is 0. The van der Waals surface area contributed by atoms with E-state index in [0.717, 1.165) is 81.8 Å². The Morgan fingerprint density at radius 3 is 0.852 bits per heavy atom. The van der Waals surface area contributed by atoms with Gasteiger partial charge in [0.1, 0.15) is 24.2 Å². The number of hydrogen-bond acceptors (Lipinski definition) is 8. The molecule has 20 aromatic carbocycles. The summed E-state index contributed by atoms with van der Waals surface area (Å²) in [6, 6.07) is 187. The lowest BCUT2D eigenvalue weighted by atomic mass is 10.1. The fourth-order valence-electron chi connectivity index (χ4n) is 21.7. The second kappa shape index (κ2) is 42.3. The van der Waals surface area contributed by atoms with Crippen LogP contribution in [0.25, 0.3) is 142 Å². The van der Waals surface area contributed by atoms with Crippen molar-refractivity contribution < 1.29 is 8.83 Å². The molecule has 0 saturated heterocycles. The Hall–Kier alpha value is -16.8. The minimum atomic E-state index is -2.61. The normalized spacial score (nSPS) is 11.6. The van der Waals surface area contributed by atoms with Crippen molar-refractivity contribution in [2.75, 3.05) is 0 Å². The van der Waals surface area contributed by atoms with Gasteiger partial charge in [-0.25, -0.2) is 9.97 Å². The van der Waals surface area contributed by atoms with Gasteiger partial charge in [0.15, 0.2) is 29.2 Å². The molecular weight excluding hydrogens is 1920 g/mol.